The zero-order valence-corrected chi connectivity index (χ0v) is 33.8. The normalized spacial score (nSPS) is 34.0. The monoisotopic (exact) mass is 760 g/mol. The van der Waals surface area contributed by atoms with Crippen LogP contribution in [0, 0.1) is 11.8 Å². The minimum Gasteiger partial charge on any atom is -0.457 e. The maximum absolute atomic E-state index is 13.7. The van der Waals surface area contributed by atoms with Crippen molar-refractivity contribution in [2.24, 2.45) is 11.8 Å². The van der Waals surface area contributed by atoms with Crippen LogP contribution in [0.2, 0.25) is 0 Å². The van der Waals surface area contributed by atoms with Crippen LogP contribution in [0.3, 0.4) is 0 Å². The summed E-state index contributed by atoms with van der Waals surface area (Å²) in [5.41, 5.74) is -1.80. The molecule has 306 valence electrons. The van der Waals surface area contributed by atoms with Gasteiger partial charge in [0.1, 0.15) is 6.10 Å². The van der Waals surface area contributed by atoms with Gasteiger partial charge in [-0.2, -0.15) is 0 Å². The molecule has 0 bridgehead atoms. The molecule has 12 heteroatoms. The number of nitrogens with zero attached hydrogens (tertiary/aromatic N) is 2. The second-order valence-electron chi connectivity index (χ2n) is 16.7. The molecule has 0 aromatic rings. The van der Waals surface area contributed by atoms with Gasteiger partial charge >= 0.3 is 18.0 Å². The molecule has 3 fully saturated rings. The molecule has 10 unspecified atom stereocenters. The standard InChI is InChI=1S/C42H68N2O10/c1-8-34(47)30(4)39-35(52-39)27-41(6,50)20-13-14-28(2)38-29(3)17-18-36(51-31(5)45)42(7,21-19-33(46)26-37(48)53-38)54-40(49)44-24-22-43(23-25-44)32-15-11-9-10-12-16-32/h13-14,17-18,20,29-30,32-36,38-39,46-47,50H,8-12,15-16,19,21-27H2,1-7H3/b18-17+,20-13+,28-14+. The molecule has 1 amide bonds. The van der Waals surface area contributed by atoms with Gasteiger partial charge in [0.2, 0.25) is 0 Å². The van der Waals surface area contributed by atoms with E-state index in [4.69, 9.17) is 18.9 Å². The van der Waals surface area contributed by atoms with Crippen LogP contribution in [0.25, 0.3) is 0 Å². The second kappa shape index (κ2) is 19.9. The van der Waals surface area contributed by atoms with E-state index in [2.05, 4.69) is 4.90 Å². The number of esters is 2. The Morgan fingerprint density at radius 2 is 1.76 bits per heavy atom. The smallest absolute Gasteiger partial charge is 0.410 e. The fourth-order valence-corrected chi connectivity index (χ4v) is 8.24. The van der Waals surface area contributed by atoms with E-state index >= 15 is 0 Å². The maximum atomic E-state index is 13.7. The topological polar surface area (TPSA) is 159 Å². The number of rotatable bonds is 11. The predicted molar refractivity (Wildman–Crippen MR) is 205 cm³/mol. The number of aliphatic hydroxyl groups is 3. The molecular weight excluding hydrogens is 692 g/mol. The highest BCUT2D eigenvalue weighted by Crippen LogP contribution is 2.38. The van der Waals surface area contributed by atoms with Crippen molar-refractivity contribution < 1.29 is 48.7 Å². The lowest BCUT2D eigenvalue weighted by atomic mass is 9.88. The first-order valence-electron chi connectivity index (χ1n) is 20.4. The van der Waals surface area contributed by atoms with Gasteiger partial charge in [0.15, 0.2) is 11.7 Å². The zero-order chi connectivity index (χ0) is 39.6. The van der Waals surface area contributed by atoms with Crippen LogP contribution in [-0.2, 0) is 28.5 Å². The molecule has 1 aliphatic carbocycles. The molecule has 3 aliphatic heterocycles. The van der Waals surface area contributed by atoms with Crippen molar-refractivity contribution >= 4 is 18.0 Å². The van der Waals surface area contributed by atoms with E-state index in [1.807, 2.05) is 27.7 Å². The number of ether oxygens (including phenoxy) is 4. The molecule has 0 radical (unpaired) electrons. The number of carbonyl (C=O) groups is 3. The van der Waals surface area contributed by atoms with Crippen molar-refractivity contribution in [3.8, 4) is 0 Å². The van der Waals surface area contributed by atoms with Crippen LogP contribution in [0.1, 0.15) is 119 Å². The minimum atomic E-state index is -1.33. The van der Waals surface area contributed by atoms with E-state index in [1.165, 1.54) is 45.4 Å². The number of allylic oxidation sites excluding steroid dienone is 2. The molecule has 4 aliphatic rings. The van der Waals surface area contributed by atoms with Crippen molar-refractivity contribution in [2.45, 2.75) is 173 Å². The minimum absolute atomic E-state index is 0.0207. The first kappa shape index (κ1) is 44.0. The average Bonchev–Trinajstić information content (AvgIpc) is 3.93. The van der Waals surface area contributed by atoms with Gasteiger partial charge in [0.05, 0.1) is 36.4 Å². The maximum Gasteiger partial charge on any atom is 0.410 e. The van der Waals surface area contributed by atoms with Gasteiger partial charge in [-0.05, 0) is 64.5 Å². The van der Waals surface area contributed by atoms with Crippen LogP contribution in [0.5, 0.6) is 0 Å². The quantitative estimate of drug-likeness (QED) is 0.0600. The molecule has 0 spiro atoms. The molecule has 1 saturated carbocycles. The molecule has 2 saturated heterocycles. The lowest BCUT2D eigenvalue weighted by Gasteiger charge is -2.41. The SMILES string of the molecule is CCC(O)C(C)C1OC1CC(C)(O)/C=C/C=C(\C)C1OC(=O)CC(O)CCC(C)(OC(=O)N2CCN(C3CCCCCC3)CC2)C(OC(C)=O)/C=C/C1C. The number of aliphatic hydroxyl groups excluding tert-OH is 2. The molecule has 10 atom stereocenters. The first-order chi connectivity index (χ1) is 25.5. The van der Waals surface area contributed by atoms with Gasteiger partial charge in [0, 0.05) is 57.4 Å². The van der Waals surface area contributed by atoms with Crippen LogP contribution < -0.4 is 0 Å². The fourth-order valence-electron chi connectivity index (χ4n) is 8.24. The van der Waals surface area contributed by atoms with E-state index in [0.717, 1.165) is 13.1 Å². The molecule has 4 rings (SSSR count). The van der Waals surface area contributed by atoms with E-state index in [1.54, 1.807) is 49.1 Å². The summed E-state index contributed by atoms with van der Waals surface area (Å²) in [6.07, 6.45) is 13.2. The summed E-state index contributed by atoms with van der Waals surface area (Å²) in [6, 6.07) is 0.558. The summed E-state index contributed by atoms with van der Waals surface area (Å²) in [7, 11) is 0. The molecule has 0 aromatic heterocycles. The van der Waals surface area contributed by atoms with Crippen LogP contribution in [0.15, 0.2) is 36.0 Å². The fraction of sp³-hybridized carbons (Fsp3) is 0.786. The van der Waals surface area contributed by atoms with E-state index in [0.29, 0.717) is 37.5 Å². The molecule has 12 nitrogen and oxygen atoms in total. The van der Waals surface area contributed by atoms with Crippen molar-refractivity contribution in [3.05, 3.63) is 36.0 Å². The zero-order valence-electron chi connectivity index (χ0n) is 33.8. The Morgan fingerprint density at radius 3 is 2.39 bits per heavy atom. The third-order valence-electron chi connectivity index (χ3n) is 11.9. The van der Waals surface area contributed by atoms with Gasteiger partial charge in [0.25, 0.3) is 0 Å². The predicted octanol–water partition coefficient (Wildman–Crippen LogP) is 5.62. The van der Waals surface area contributed by atoms with Gasteiger partial charge in [-0.1, -0.05) is 70.8 Å². The Labute approximate surface area is 322 Å². The average molecular weight is 761 g/mol. The van der Waals surface area contributed by atoms with Crippen molar-refractivity contribution in [1.29, 1.82) is 0 Å². The molecular formula is C42H68N2O10. The Morgan fingerprint density at radius 1 is 1.09 bits per heavy atom. The lowest BCUT2D eigenvalue weighted by molar-refractivity contribution is -0.158. The Balaban J connectivity index is 1.47. The second-order valence-corrected chi connectivity index (χ2v) is 16.7. The summed E-state index contributed by atoms with van der Waals surface area (Å²) in [6.45, 7) is 14.9. The van der Waals surface area contributed by atoms with E-state index in [-0.39, 0.29) is 37.4 Å². The highest BCUT2D eigenvalue weighted by molar-refractivity contribution is 5.71. The third-order valence-corrected chi connectivity index (χ3v) is 11.9. The Kier molecular flexibility index (Phi) is 16.2. The summed E-state index contributed by atoms with van der Waals surface area (Å²) in [4.78, 5) is 43.4. The molecule has 0 aromatic carbocycles. The first-order valence-corrected chi connectivity index (χ1v) is 20.4. The number of piperazine rings is 1. The van der Waals surface area contributed by atoms with E-state index < -0.39 is 59.6 Å². The molecule has 3 N–H and O–H groups in total. The summed E-state index contributed by atoms with van der Waals surface area (Å²) < 4.78 is 23.7. The van der Waals surface area contributed by atoms with Gasteiger partial charge in [-0.3, -0.25) is 14.5 Å². The van der Waals surface area contributed by atoms with Crippen molar-refractivity contribution in [3.63, 3.8) is 0 Å². The van der Waals surface area contributed by atoms with Gasteiger partial charge < -0.3 is 39.2 Å². The number of hydrogen-bond acceptors (Lipinski definition) is 11. The van der Waals surface area contributed by atoms with Crippen LogP contribution >= 0.6 is 0 Å². The number of carbonyl (C=O) groups excluding carboxylic acids is 3. The number of cyclic esters (lactones) is 1. The van der Waals surface area contributed by atoms with Gasteiger partial charge in [-0.15, -0.1) is 0 Å². The van der Waals surface area contributed by atoms with Gasteiger partial charge in [-0.25, -0.2) is 4.79 Å². The highest BCUT2D eigenvalue weighted by atomic mass is 16.6. The Hall–Kier alpha value is -2.77. The van der Waals surface area contributed by atoms with Crippen molar-refractivity contribution in [1.82, 2.24) is 9.80 Å². The van der Waals surface area contributed by atoms with Crippen LogP contribution in [-0.4, -0.2) is 123 Å². The molecule has 54 heavy (non-hydrogen) atoms. The highest BCUT2D eigenvalue weighted by Gasteiger charge is 2.47. The summed E-state index contributed by atoms with van der Waals surface area (Å²) in [5.74, 6) is -1.54. The van der Waals surface area contributed by atoms with Crippen LogP contribution in [0.4, 0.5) is 4.79 Å². The van der Waals surface area contributed by atoms with E-state index in [9.17, 15) is 29.7 Å². The number of epoxide rings is 1. The summed E-state index contributed by atoms with van der Waals surface area (Å²) >= 11 is 0. The summed E-state index contributed by atoms with van der Waals surface area (Å²) in [5, 5.41) is 32.2. The largest absolute Gasteiger partial charge is 0.457 e. The Bertz CT molecular complexity index is 1330. The number of hydrogen-bond donors (Lipinski definition) is 3. The van der Waals surface area contributed by atoms with Crippen molar-refractivity contribution in [2.75, 3.05) is 26.2 Å². The number of amides is 1. The molecule has 3 heterocycles. The third kappa shape index (κ3) is 12.9. The lowest BCUT2D eigenvalue weighted by Crippen LogP contribution is -2.54.